The molecule has 0 aliphatic rings. The zero-order valence-electron chi connectivity index (χ0n) is 3.36. The second-order valence-corrected chi connectivity index (χ2v) is 0. The fourth-order valence-corrected chi connectivity index (χ4v) is 0. The normalized spacial score (nSPS) is 0. The fraction of sp³-hybridized carbons (Fsp3) is 0. The van der Waals surface area contributed by atoms with E-state index in [0.29, 0.717) is 0 Å². The van der Waals surface area contributed by atoms with Gasteiger partial charge in [0, 0.05) is 169 Å². The van der Waals surface area contributed by atoms with Crippen LogP contribution in [0.15, 0.2) is 0 Å². The summed E-state index contributed by atoms with van der Waals surface area (Å²) in [4.78, 5) is 0. The van der Waals surface area contributed by atoms with Crippen LogP contribution in [-0.4, -0.2) is 0 Å². The molecule has 0 saturated heterocycles. The predicted octanol–water partition coefficient (Wildman–Crippen LogP) is -0.0200. The molecule has 0 rings (SSSR count). The van der Waals surface area contributed by atoms with Crippen molar-refractivity contribution in [3.05, 3.63) is 0 Å². The molecule has 0 radical (unpaired) electrons. The molecule has 46 valence electrons. The summed E-state index contributed by atoms with van der Waals surface area (Å²) in [6.07, 6.45) is 0. The summed E-state index contributed by atoms with van der Waals surface area (Å²) in [6.45, 7) is 0. The van der Waals surface area contributed by atoms with Crippen LogP contribution < -0.4 is 0 Å². The van der Waals surface area contributed by atoms with Crippen molar-refractivity contribution >= 4 is 0 Å². The van der Waals surface area contributed by atoms with E-state index >= 15 is 0 Å². The van der Waals surface area contributed by atoms with Gasteiger partial charge in [0.15, 0.2) is 0 Å². The maximum atomic E-state index is 0. The minimum atomic E-state index is 0. The first-order valence-electron chi connectivity index (χ1n) is 0. The Morgan fingerprint density at radius 1 is 0.250 bits per heavy atom. The first-order chi connectivity index (χ1) is 0. The van der Waals surface area contributed by atoms with Crippen LogP contribution >= 0.6 is 0 Å². The summed E-state index contributed by atoms with van der Waals surface area (Å²) in [5.74, 6) is 0. The summed E-state index contributed by atoms with van der Waals surface area (Å²) in [5.41, 5.74) is 0. The zero-order chi connectivity index (χ0) is 0. The molecule has 0 heterocycles. The summed E-state index contributed by atoms with van der Waals surface area (Å²) in [6, 6.07) is 0. The molecule has 0 spiro atoms. The summed E-state index contributed by atoms with van der Waals surface area (Å²) in [5, 5.41) is 0. The average Bonchev–Trinajstić information content (AvgIpc) is 0. The number of hydrogen-bond acceptors (Lipinski definition) is 0. The molecule has 0 aromatic rings. The molecule has 0 aliphatic carbocycles. The van der Waals surface area contributed by atoms with Gasteiger partial charge in [-0.1, -0.05) is 0 Å². The molecule has 8 heavy (non-hydrogen) atoms. The van der Waals surface area contributed by atoms with E-state index in [1.807, 2.05) is 0 Å². The van der Waals surface area contributed by atoms with Crippen molar-refractivity contribution in [2.75, 3.05) is 0 Å². The number of hydrogen-bond donors (Lipinski definition) is 0. The SMILES string of the molecule is [Ti].[W].[W].[W].[W].[W].[W].[W]. The molecular formula is TiW7. The van der Waals surface area contributed by atoms with Crippen molar-refractivity contribution in [1.29, 1.82) is 0 Å². The van der Waals surface area contributed by atoms with Crippen LogP contribution in [0.3, 0.4) is 0 Å². The van der Waals surface area contributed by atoms with Crippen molar-refractivity contribution < 1.29 is 169 Å². The second kappa shape index (κ2) is 54.5. The Labute approximate surface area is 165 Å². The Kier molecular flexibility index (Phi) is 473. The standard InChI is InChI=1S/Ti.7W. The van der Waals surface area contributed by atoms with Gasteiger partial charge in [-0.15, -0.1) is 0 Å². The van der Waals surface area contributed by atoms with Gasteiger partial charge in [0.1, 0.15) is 0 Å². The maximum Gasteiger partial charge on any atom is 0 e. The van der Waals surface area contributed by atoms with Crippen LogP contribution in [0.5, 0.6) is 0 Å². The molecule has 0 aromatic heterocycles. The molecular weight excluding hydrogens is 1330 g/mol. The van der Waals surface area contributed by atoms with Crippen molar-refractivity contribution in [3.63, 3.8) is 0 Å². The third-order valence-corrected chi connectivity index (χ3v) is 0. The smallest absolute Gasteiger partial charge is 0 e. The van der Waals surface area contributed by atoms with E-state index in [1.54, 1.807) is 0 Å². The van der Waals surface area contributed by atoms with Crippen LogP contribution in [-0.2, 0) is 169 Å². The van der Waals surface area contributed by atoms with E-state index in [0.717, 1.165) is 0 Å². The van der Waals surface area contributed by atoms with Crippen molar-refractivity contribution in [2.24, 2.45) is 0 Å². The average molecular weight is 1330 g/mol. The van der Waals surface area contributed by atoms with Gasteiger partial charge in [0.25, 0.3) is 0 Å². The quantitative estimate of drug-likeness (QED) is 0.300. The molecule has 8 heteroatoms. The molecule has 0 aromatic carbocycles. The molecule has 0 nitrogen and oxygen atoms in total. The summed E-state index contributed by atoms with van der Waals surface area (Å²) >= 11 is 0. The van der Waals surface area contributed by atoms with Gasteiger partial charge in [0.2, 0.25) is 0 Å². The predicted molar refractivity (Wildman–Crippen MR) is 0 cm³/mol. The third-order valence-electron chi connectivity index (χ3n) is 0. The first kappa shape index (κ1) is 69.4. The van der Waals surface area contributed by atoms with E-state index in [4.69, 9.17) is 0 Å². The minimum Gasteiger partial charge on any atom is 0 e. The second-order valence-electron chi connectivity index (χ2n) is 0. The fourth-order valence-electron chi connectivity index (χ4n) is 0. The van der Waals surface area contributed by atoms with E-state index in [9.17, 15) is 0 Å². The Hall–Kier alpha value is 5.53. The monoisotopic (exact) mass is 1340 g/mol. The van der Waals surface area contributed by atoms with Crippen molar-refractivity contribution in [1.82, 2.24) is 0 Å². The Morgan fingerprint density at radius 3 is 0.250 bits per heavy atom. The Bertz CT molecular complexity index is 4.35. The maximum absolute atomic E-state index is 0. The van der Waals surface area contributed by atoms with Gasteiger partial charge < -0.3 is 0 Å². The van der Waals surface area contributed by atoms with E-state index in [1.165, 1.54) is 0 Å². The molecule has 0 bridgehead atoms. The summed E-state index contributed by atoms with van der Waals surface area (Å²) in [7, 11) is 0. The van der Waals surface area contributed by atoms with Gasteiger partial charge in [-0.05, 0) is 0 Å². The van der Waals surface area contributed by atoms with Crippen molar-refractivity contribution in [2.45, 2.75) is 0 Å². The van der Waals surface area contributed by atoms with Gasteiger partial charge in [0.05, 0.1) is 0 Å². The molecule has 0 fully saturated rings. The van der Waals surface area contributed by atoms with Gasteiger partial charge >= 0.3 is 0 Å². The van der Waals surface area contributed by atoms with E-state index in [-0.39, 0.29) is 169 Å². The van der Waals surface area contributed by atoms with Gasteiger partial charge in [-0.2, -0.15) is 0 Å². The Balaban J connectivity index is 0. The van der Waals surface area contributed by atoms with Crippen molar-refractivity contribution in [3.8, 4) is 0 Å². The first-order valence-corrected chi connectivity index (χ1v) is 0. The summed E-state index contributed by atoms with van der Waals surface area (Å²) < 4.78 is 0. The third kappa shape index (κ3) is 41.8. The van der Waals surface area contributed by atoms with Gasteiger partial charge in [-0.3, -0.25) is 0 Å². The van der Waals surface area contributed by atoms with Gasteiger partial charge in [-0.25, -0.2) is 0 Å². The molecule has 0 atom stereocenters. The van der Waals surface area contributed by atoms with Crippen LogP contribution in [0.1, 0.15) is 0 Å². The van der Waals surface area contributed by atoms with Crippen LogP contribution in [0, 0.1) is 0 Å². The van der Waals surface area contributed by atoms with Crippen LogP contribution in [0.2, 0.25) is 0 Å². The van der Waals surface area contributed by atoms with E-state index in [2.05, 4.69) is 0 Å². The largest absolute Gasteiger partial charge is 0 e. The molecule has 0 aliphatic heterocycles. The molecule has 0 saturated carbocycles. The minimum absolute atomic E-state index is 0. The van der Waals surface area contributed by atoms with Crippen LogP contribution in [0.4, 0.5) is 0 Å². The molecule has 0 unspecified atom stereocenters. The van der Waals surface area contributed by atoms with Crippen LogP contribution in [0.25, 0.3) is 0 Å². The molecule has 0 amide bonds. The molecule has 0 N–H and O–H groups in total. The topological polar surface area (TPSA) is 0 Å². The Morgan fingerprint density at radius 2 is 0.250 bits per heavy atom. The van der Waals surface area contributed by atoms with E-state index < -0.39 is 0 Å². The number of rotatable bonds is 0. The zero-order valence-corrected chi connectivity index (χ0v) is 25.5.